The summed E-state index contributed by atoms with van der Waals surface area (Å²) in [6.45, 7) is 10.5. The highest BCUT2D eigenvalue weighted by Gasteiger charge is 2.23. The second-order valence-corrected chi connectivity index (χ2v) is 8.88. The molecule has 1 unspecified atom stereocenters. The van der Waals surface area contributed by atoms with Crippen LogP contribution in [-0.2, 0) is 17.7 Å². The lowest BCUT2D eigenvalue weighted by Gasteiger charge is -2.25. The minimum Gasteiger partial charge on any atom is -0.497 e. The number of aryl methyl sites for hydroxylation is 1. The van der Waals surface area contributed by atoms with Crippen LogP contribution in [0.25, 0.3) is 5.69 Å². The Hall–Kier alpha value is -2.87. The van der Waals surface area contributed by atoms with Gasteiger partial charge in [-0.05, 0) is 69.6 Å². The van der Waals surface area contributed by atoms with Crippen LogP contribution in [0.1, 0.15) is 45.4 Å². The summed E-state index contributed by atoms with van der Waals surface area (Å²) in [5, 5.41) is 15.5. The molecule has 0 radical (unpaired) electrons. The van der Waals surface area contributed by atoms with E-state index < -0.39 is 6.10 Å². The number of hydrogen-bond donors (Lipinski definition) is 1. The summed E-state index contributed by atoms with van der Waals surface area (Å²) in [4.78, 5) is 2.25. The third-order valence-corrected chi connectivity index (χ3v) is 5.64. The van der Waals surface area contributed by atoms with Crippen LogP contribution in [0.2, 0.25) is 0 Å². The SMILES string of the molecule is CCCN(Cc1c(CC)nn(-c2ccccc2)c1Oc1ccc(OC)cc1)CC(O)COC(C)C. The lowest BCUT2D eigenvalue weighted by atomic mass is 10.1. The van der Waals surface area contributed by atoms with E-state index >= 15 is 0 Å². The second kappa shape index (κ2) is 13.3. The zero-order chi connectivity index (χ0) is 25.2. The van der Waals surface area contributed by atoms with Gasteiger partial charge in [-0.1, -0.05) is 32.0 Å². The molecule has 0 spiro atoms. The van der Waals surface area contributed by atoms with Crippen molar-refractivity contribution in [2.24, 2.45) is 0 Å². The van der Waals surface area contributed by atoms with Crippen LogP contribution in [0.4, 0.5) is 0 Å². The zero-order valence-electron chi connectivity index (χ0n) is 21.6. The highest BCUT2D eigenvalue weighted by molar-refractivity contribution is 5.44. The van der Waals surface area contributed by atoms with Crippen molar-refractivity contribution < 1.29 is 19.3 Å². The molecule has 1 aromatic heterocycles. The Balaban J connectivity index is 1.96. The number of aliphatic hydroxyl groups excluding tert-OH is 1. The standard InChI is InChI=1S/C28H39N3O4/c1-6-17-30(18-23(32)20-34-21(3)4)19-26-27(7-2)29-31(22-11-9-8-10-12-22)28(26)35-25-15-13-24(33-5)14-16-25/h8-16,21,23,32H,6-7,17-20H2,1-5H3. The van der Waals surface area contributed by atoms with Crippen LogP contribution < -0.4 is 9.47 Å². The molecular weight excluding hydrogens is 442 g/mol. The minimum atomic E-state index is -0.566. The van der Waals surface area contributed by atoms with Gasteiger partial charge in [-0.25, -0.2) is 4.68 Å². The maximum absolute atomic E-state index is 10.6. The van der Waals surface area contributed by atoms with Gasteiger partial charge in [0.25, 0.3) is 0 Å². The van der Waals surface area contributed by atoms with Gasteiger partial charge >= 0.3 is 0 Å². The number of aliphatic hydroxyl groups is 1. The van der Waals surface area contributed by atoms with Crippen molar-refractivity contribution in [3.05, 3.63) is 65.9 Å². The maximum Gasteiger partial charge on any atom is 0.227 e. The third-order valence-electron chi connectivity index (χ3n) is 5.64. The average molecular weight is 482 g/mol. The molecule has 0 fully saturated rings. The first-order valence-electron chi connectivity index (χ1n) is 12.4. The second-order valence-electron chi connectivity index (χ2n) is 8.88. The largest absolute Gasteiger partial charge is 0.497 e. The van der Waals surface area contributed by atoms with Gasteiger partial charge in [0.15, 0.2) is 0 Å². The number of aromatic nitrogens is 2. The Morgan fingerprint density at radius 1 is 1.00 bits per heavy atom. The Morgan fingerprint density at radius 3 is 2.29 bits per heavy atom. The Morgan fingerprint density at radius 2 is 1.69 bits per heavy atom. The van der Waals surface area contributed by atoms with E-state index in [0.717, 1.165) is 42.1 Å². The molecule has 2 aromatic carbocycles. The van der Waals surface area contributed by atoms with Gasteiger partial charge in [0, 0.05) is 13.1 Å². The molecule has 1 atom stereocenters. The van der Waals surface area contributed by atoms with E-state index in [1.165, 1.54) is 0 Å². The van der Waals surface area contributed by atoms with E-state index in [1.54, 1.807) is 7.11 Å². The molecule has 0 aliphatic carbocycles. The van der Waals surface area contributed by atoms with Gasteiger partial charge in [0.1, 0.15) is 11.5 Å². The smallest absolute Gasteiger partial charge is 0.227 e. The van der Waals surface area contributed by atoms with Gasteiger partial charge < -0.3 is 19.3 Å². The molecule has 35 heavy (non-hydrogen) atoms. The predicted octanol–water partition coefficient (Wildman–Crippen LogP) is 5.23. The number of nitrogens with zero attached hydrogens (tertiary/aromatic N) is 3. The molecule has 3 rings (SSSR count). The van der Waals surface area contributed by atoms with Crippen LogP contribution in [0.3, 0.4) is 0 Å². The van der Waals surface area contributed by atoms with E-state index in [-0.39, 0.29) is 6.10 Å². The topological polar surface area (TPSA) is 69.0 Å². The number of rotatable bonds is 14. The van der Waals surface area contributed by atoms with Crippen molar-refractivity contribution in [1.82, 2.24) is 14.7 Å². The normalized spacial score (nSPS) is 12.3. The zero-order valence-corrected chi connectivity index (χ0v) is 21.6. The minimum absolute atomic E-state index is 0.0876. The highest BCUT2D eigenvalue weighted by Crippen LogP contribution is 2.33. The molecule has 0 aliphatic heterocycles. The number of hydrogen-bond acceptors (Lipinski definition) is 6. The fourth-order valence-corrected chi connectivity index (χ4v) is 3.95. The van der Waals surface area contributed by atoms with Gasteiger partial charge in [-0.15, -0.1) is 0 Å². The van der Waals surface area contributed by atoms with E-state index in [1.807, 2.05) is 73.1 Å². The molecular formula is C28H39N3O4. The molecule has 3 aromatic rings. The summed E-state index contributed by atoms with van der Waals surface area (Å²) in [5.41, 5.74) is 2.94. The summed E-state index contributed by atoms with van der Waals surface area (Å²) in [7, 11) is 1.65. The van der Waals surface area contributed by atoms with Crippen LogP contribution in [0, 0.1) is 0 Å². The molecule has 190 valence electrons. The maximum atomic E-state index is 10.6. The van der Waals surface area contributed by atoms with Crippen molar-refractivity contribution in [3.63, 3.8) is 0 Å². The number of methoxy groups -OCH3 is 1. The molecule has 0 saturated heterocycles. The van der Waals surface area contributed by atoms with E-state index in [9.17, 15) is 5.11 Å². The van der Waals surface area contributed by atoms with E-state index in [4.69, 9.17) is 19.3 Å². The Kier molecular flexibility index (Phi) is 10.1. The fraction of sp³-hybridized carbons (Fsp3) is 0.464. The highest BCUT2D eigenvalue weighted by atomic mass is 16.5. The molecule has 1 heterocycles. The lowest BCUT2D eigenvalue weighted by molar-refractivity contribution is -0.00957. The van der Waals surface area contributed by atoms with Gasteiger partial charge in [-0.3, -0.25) is 4.90 Å². The fourth-order valence-electron chi connectivity index (χ4n) is 3.95. The number of ether oxygens (including phenoxy) is 3. The van der Waals surface area contributed by atoms with Crippen molar-refractivity contribution in [3.8, 4) is 23.1 Å². The first kappa shape index (κ1) is 26.7. The number of benzene rings is 2. The van der Waals surface area contributed by atoms with Crippen LogP contribution in [0.15, 0.2) is 54.6 Å². The summed E-state index contributed by atoms with van der Waals surface area (Å²) >= 11 is 0. The molecule has 0 amide bonds. The van der Waals surface area contributed by atoms with Crippen LogP contribution >= 0.6 is 0 Å². The van der Waals surface area contributed by atoms with Gasteiger partial charge in [0.05, 0.1) is 42.9 Å². The Labute approximate surface area is 209 Å². The monoisotopic (exact) mass is 481 g/mol. The van der Waals surface area contributed by atoms with Crippen molar-refractivity contribution in [2.45, 2.75) is 59.3 Å². The van der Waals surface area contributed by atoms with Gasteiger partial charge in [-0.2, -0.15) is 5.10 Å². The number of para-hydroxylation sites is 1. The molecule has 0 aliphatic rings. The summed E-state index contributed by atoms with van der Waals surface area (Å²) < 4.78 is 19.3. The molecule has 0 bridgehead atoms. The lowest BCUT2D eigenvalue weighted by Crippen LogP contribution is -2.35. The van der Waals surface area contributed by atoms with E-state index in [2.05, 4.69) is 18.7 Å². The molecule has 7 nitrogen and oxygen atoms in total. The van der Waals surface area contributed by atoms with Crippen LogP contribution in [-0.4, -0.2) is 58.8 Å². The summed E-state index contributed by atoms with van der Waals surface area (Å²) in [6, 6.07) is 17.6. The first-order valence-corrected chi connectivity index (χ1v) is 12.4. The average Bonchev–Trinajstić information content (AvgIpc) is 3.20. The van der Waals surface area contributed by atoms with Crippen molar-refractivity contribution in [1.29, 1.82) is 0 Å². The van der Waals surface area contributed by atoms with Crippen LogP contribution in [0.5, 0.6) is 17.4 Å². The third kappa shape index (κ3) is 7.56. The first-order chi connectivity index (χ1) is 16.9. The molecule has 0 saturated carbocycles. The molecule has 1 N–H and O–H groups in total. The molecule has 7 heteroatoms. The van der Waals surface area contributed by atoms with Gasteiger partial charge in [0.2, 0.25) is 5.88 Å². The summed E-state index contributed by atoms with van der Waals surface area (Å²) in [6.07, 6.45) is 1.27. The predicted molar refractivity (Wildman–Crippen MR) is 139 cm³/mol. The summed E-state index contributed by atoms with van der Waals surface area (Å²) in [5.74, 6) is 2.17. The van der Waals surface area contributed by atoms with E-state index in [0.29, 0.717) is 31.3 Å². The van der Waals surface area contributed by atoms with Crippen molar-refractivity contribution in [2.75, 3.05) is 26.8 Å². The Bertz CT molecular complexity index is 1020. The van der Waals surface area contributed by atoms with Crippen molar-refractivity contribution >= 4 is 0 Å². The quantitative estimate of drug-likeness (QED) is 0.340.